The second-order valence-electron chi connectivity index (χ2n) is 6.30. The van der Waals surface area contributed by atoms with E-state index in [1.165, 1.54) is 0 Å². The zero-order chi connectivity index (χ0) is 19.6. The smallest absolute Gasteiger partial charge is 0.296 e. The van der Waals surface area contributed by atoms with Gasteiger partial charge in [0.25, 0.3) is 5.91 Å². The van der Waals surface area contributed by atoms with Gasteiger partial charge in [-0.25, -0.2) is 9.67 Å². The Kier molecular flexibility index (Phi) is 4.06. The summed E-state index contributed by atoms with van der Waals surface area (Å²) >= 11 is 0. The number of carbonyl (C=O) groups is 1. The molecule has 0 atom stereocenters. The fourth-order valence-electron chi connectivity index (χ4n) is 3.04. The molecule has 0 aliphatic rings. The van der Waals surface area contributed by atoms with Crippen LogP contribution in [0.4, 0.5) is 5.82 Å². The lowest BCUT2D eigenvalue weighted by molar-refractivity contribution is 0.101. The van der Waals surface area contributed by atoms with E-state index in [9.17, 15) is 4.79 Å². The number of hydrogen-bond acceptors (Lipinski definition) is 5. The van der Waals surface area contributed by atoms with Crippen LogP contribution in [-0.4, -0.2) is 35.9 Å². The molecular weight excluding hydrogens is 366 g/mol. The first-order chi connectivity index (χ1) is 14.3. The highest BCUT2D eigenvalue weighted by atomic mass is 16.2. The van der Waals surface area contributed by atoms with E-state index in [1.54, 1.807) is 16.9 Å². The van der Waals surface area contributed by atoms with E-state index in [0.717, 1.165) is 16.8 Å². The third-order valence-electron chi connectivity index (χ3n) is 4.40. The summed E-state index contributed by atoms with van der Waals surface area (Å²) in [5.41, 5.74) is 2.97. The van der Waals surface area contributed by atoms with Crippen molar-refractivity contribution in [3.63, 3.8) is 0 Å². The standard InChI is InChI=1S/C21H15N7O/c29-21(24-18-17-16(25-26-18)12-7-13-22-17)19-23-20(14-8-3-1-4-9-14)28(27-19)15-10-5-2-6-11-15/h1-13H,(H2,24,25,26,29). The quantitative estimate of drug-likeness (QED) is 0.496. The third-order valence-corrected chi connectivity index (χ3v) is 4.40. The number of H-pyrrole nitrogens is 1. The molecule has 5 aromatic rings. The molecule has 0 unspecified atom stereocenters. The van der Waals surface area contributed by atoms with E-state index in [1.807, 2.05) is 66.7 Å². The van der Waals surface area contributed by atoms with Crippen molar-refractivity contribution in [1.82, 2.24) is 29.9 Å². The molecule has 0 spiro atoms. The normalized spacial score (nSPS) is 10.9. The van der Waals surface area contributed by atoms with Crippen LogP contribution in [0.3, 0.4) is 0 Å². The average Bonchev–Trinajstić information content (AvgIpc) is 3.40. The van der Waals surface area contributed by atoms with Crippen molar-refractivity contribution in [2.24, 2.45) is 0 Å². The van der Waals surface area contributed by atoms with Gasteiger partial charge in [-0.05, 0) is 24.3 Å². The lowest BCUT2D eigenvalue weighted by Gasteiger charge is -2.05. The Hall–Kier alpha value is -4.33. The number of para-hydroxylation sites is 1. The van der Waals surface area contributed by atoms with Crippen molar-refractivity contribution in [2.75, 3.05) is 5.32 Å². The number of rotatable bonds is 4. The number of benzene rings is 2. The maximum Gasteiger partial charge on any atom is 0.296 e. The topological polar surface area (TPSA) is 101 Å². The number of nitrogens with zero attached hydrogens (tertiary/aromatic N) is 5. The van der Waals surface area contributed by atoms with E-state index >= 15 is 0 Å². The molecule has 3 heterocycles. The minimum atomic E-state index is -0.462. The zero-order valence-electron chi connectivity index (χ0n) is 15.1. The molecular formula is C21H15N7O. The molecule has 0 radical (unpaired) electrons. The van der Waals surface area contributed by atoms with Gasteiger partial charge in [0.15, 0.2) is 11.6 Å². The van der Waals surface area contributed by atoms with Gasteiger partial charge in [-0.15, -0.1) is 5.10 Å². The second kappa shape index (κ2) is 7.01. The number of amides is 1. The van der Waals surface area contributed by atoms with Gasteiger partial charge in [0.1, 0.15) is 5.52 Å². The van der Waals surface area contributed by atoms with Crippen LogP contribution in [0.1, 0.15) is 10.6 Å². The molecule has 3 aromatic heterocycles. The third kappa shape index (κ3) is 3.12. The predicted molar refractivity (Wildman–Crippen MR) is 109 cm³/mol. The lowest BCUT2D eigenvalue weighted by atomic mass is 10.2. The summed E-state index contributed by atoms with van der Waals surface area (Å²) in [4.78, 5) is 21.6. The van der Waals surface area contributed by atoms with E-state index in [4.69, 9.17) is 0 Å². The molecule has 0 aliphatic heterocycles. The summed E-state index contributed by atoms with van der Waals surface area (Å²) in [7, 11) is 0. The zero-order valence-corrected chi connectivity index (χ0v) is 15.1. The number of nitrogens with one attached hydrogen (secondary N) is 2. The number of pyridine rings is 1. The molecule has 0 fully saturated rings. The van der Waals surface area contributed by atoms with Gasteiger partial charge >= 0.3 is 0 Å². The number of aromatic nitrogens is 6. The Morgan fingerprint density at radius 2 is 1.69 bits per heavy atom. The molecule has 0 bridgehead atoms. The first-order valence-corrected chi connectivity index (χ1v) is 8.98. The number of aromatic amines is 1. The Labute approximate surface area is 165 Å². The van der Waals surface area contributed by atoms with Crippen molar-refractivity contribution >= 4 is 22.8 Å². The van der Waals surface area contributed by atoms with Crippen LogP contribution in [0.2, 0.25) is 0 Å². The molecule has 1 amide bonds. The Morgan fingerprint density at radius 1 is 0.931 bits per heavy atom. The van der Waals surface area contributed by atoms with E-state index in [0.29, 0.717) is 17.2 Å². The van der Waals surface area contributed by atoms with Gasteiger partial charge in [0, 0.05) is 11.8 Å². The van der Waals surface area contributed by atoms with Crippen LogP contribution in [-0.2, 0) is 0 Å². The van der Waals surface area contributed by atoms with Crippen molar-refractivity contribution in [2.45, 2.75) is 0 Å². The largest absolute Gasteiger partial charge is 0.300 e. The van der Waals surface area contributed by atoms with Gasteiger partial charge in [-0.2, -0.15) is 5.10 Å². The monoisotopic (exact) mass is 381 g/mol. The maximum absolute atomic E-state index is 12.9. The molecule has 2 aromatic carbocycles. The SMILES string of the molecule is O=C(Nc1n[nH]c2cccnc12)c1nc(-c2ccccc2)n(-c2ccccc2)n1. The van der Waals surface area contributed by atoms with Crippen LogP contribution >= 0.6 is 0 Å². The summed E-state index contributed by atoms with van der Waals surface area (Å²) in [6.07, 6.45) is 1.64. The maximum atomic E-state index is 12.9. The highest BCUT2D eigenvalue weighted by Gasteiger charge is 2.20. The summed E-state index contributed by atoms with van der Waals surface area (Å²) in [6.45, 7) is 0. The van der Waals surface area contributed by atoms with Gasteiger partial charge in [-0.3, -0.25) is 14.9 Å². The van der Waals surface area contributed by atoms with Crippen LogP contribution in [0.25, 0.3) is 28.1 Å². The van der Waals surface area contributed by atoms with Crippen LogP contribution in [0.5, 0.6) is 0 Å². The number of hydrogen-bond donors (Lipinski definition) is 2. The van der Waals surface area contributed by atoms with Crippen molar-refractivity contribution in [1.29, 1.82) is 0 Å². The van der Waals surface area contributed by atoms with Gasteiger partial charge in [-0.1, -0.05) is 48.5 Å². The first kappa shape index (κ1) is 16.8. The van der Waals surface area contributed by atoms with Gasteiger partial charge < -0.3 is 5.32 Å². The molecule has 2 N–H and O–H groups in total. The van der Waals surface area contributed by atoms with Gasteiger partial charge in [0.2, 0.25) is 5.82 Å². The average molecular weight is 381 g/mol. The van der Waals surface area contributed by atoms with Gasteiger partial charge in [0.05, 0.1) is 11.2 Å². The highest BCUT2D eigenvalue weighted by Crippen LogP contribution is 2.22. The van der Waals surface area contributed by atoms with Crippen LogP contribution in [0.15, 0.2) is 79.0 Å². The highest BCUT2D eigenvalue weighted by molar-refractivity contribution is 6.05. The minimum Gasteiger partial charge on any atom is -0.300 e. The molecule has 0 saturated carbocycles. The number of carbonyl (C=O) groups excluding carboxylic acids is 1. The first-order valence-electron chi connectivity index (χ1n) is 8.98. The molecule has 5 rings (SSSR count). The number of anilines is 1. The van der Waals surface area contributed by atoms with E-state index in [-0.39, 0.29) is 5.82 Å². The summed E-state index contributed by atoms with van der Waals surface area (Å²) in [6, 6.07) is 22.8. The molecule has 140 valence electrons. The van der Waals surface area contributed by atoms with Crippen molar-refractivity contribution in [3.05, 3.63) is 84.8 Å². The molecule has 0 aliphatic carbocycles. The summed E-state index contributed by atoms with van der Waals surface area (Å²) in [5.74, 6) is 0.491. The Balaban J connectivity index is 1.55. The fraction of sp³-hybridized carbons (Fsp3) is 0. The minimum absolute atomic E-state index is 0.0415. The Morgan fingerprint density at radius 3 is 2.48 bits per heavy atom. The van der Waals surface area contributed by atoms with Crippen LogP contribution < -0.4 is 5.32 Å². The summed E-state index contributed by atoms with van der Waals surface area (Å²) < 4.78 is 1.66. The lowest BCUT2D eigenvalue weighted by Crippen LogP contribution is -2.15. The predicted octanol–water partition coefficient (Wildman–Crippen LogP) is 3.46. The molecule has 8 nitrogen and oxygen atoms in total. The number of fused-ring (bicyclic) bond motifs is 1. The van der Waals surface area contributed by atoms with Crippen molar-refractivity contribution in [3.8, 4) is 17.1 Å². The molecule has 8 heteroatoms. The van der Waals surface area contributed by atoms with Crippen LogP contribution in [0, 0.1) is 0 Å². The molecule has 29 heavy (non-hydrogen) atoms. The van der Waals surface area contributed by atoms with Crippen molar-refractivity contribution < 1.29 is 4.79 Å². The summed E-state index contributed by atoms with van der Waals surface area (Å²) in [5, 5.41) is 14.2. The van der Waals surface area contributed by atoms with E-state index in [2.05, 4.69) is 30.6 Å². The fourth-order valence-corrected chi connectivity index (χ4v) is 3.04. The van der Waals surface area contributed by atoms with E-state index < -0.39 is 5.91 Å². The second-order valence-corrected chi connectivity index (χ2v) is 6.30. The Bertz CT molecular complexity index is 1240. The molecule has 0 saturated heterocycles.